The van der Waals surface area contributed by atoms with Crippen molar-refractivity contribution in [1.82, 2.24) is 0 Å². The molecule has 0 atom stereocenters. The summed E-state index contributed by atoms with van der Waals surface area (Å²) in [5, 5.41) is 2.68. The second kappa shape index (κ2) is 6.43. The van der Waals surface area contributed by atoms with Gasteiger partial charge in [-0.15, -0.1) is 0 Å². The molecule has 0 unspecified atom stereocenters. The molecule has 0 aliphatic heterocycles. The summed E-state index contributed by atoms with van der Waals surface area (Å²) in [7, 11) is 0. The van der Waals surface area contributed by atoms with E-state index in [1.165, 1.54) is 21.6 Å². The van der Waals surface area contributed by atoms with Gasteiger partial charge >= 0.3 is 122 Å². The van der Waals surface area contributed by atoms with E-state index in [1.54, 1.807) is 0 Å². The Balaban J connectivity index is 2.13. The maximum atomic E-state index is 2.43. The number of hydrogen-bond acceptors (Lipinski definition) is 0. The van der Waals surface area contributed by atoms with Gasteiger partial charge in [-0.05, 0) is 0 Å². The number of rotatable bonds is 4. The number of benzene rings is 2. The molecule has 0 N–H and O–H groups in total. The summed E-state index contributed by atoms with van der Waals surface area (Å²) in [5.41, 5.74) is 3.05. The summed E-state index contributed by atoms with van der Waals surface area (Å²) < 4.78 is 0.513. The van der Waals surface area contributed by atoms with E-state index in [0.29, 0.717) is 4.25 Å². The minimum absolute atomic E-state index is 0.513. The van der Waals surface area contributed by atoms with Crippen molar-refractivity contribution in [3.8, 4) is 0 Å². The fourth-order valence-corrected chi connectivity index (χ4v) is 8.88. The van der Waals surface area contributed by atoms with Gasteiger partial charge in [-0.2, -0.15) is 0 Å². The van der Waals surface area contributed by atoms with E-state index >= 15 is 0 Å². The number of hydrogen-bond donors (Lipinski definition) is 0. The van der Waals surface area contributed by atoms with Crippen LogP contribution in [0, 0.1) is 0 Å². The van der Waals surface area contributed by atoms with Gasteiger partial charge in [-0.25, -0.2) is 0 Å². The molecule has 0 saturated heterocycles. The van der Waals surface area contributed by atoms with Gasteiger partial charge in [0.1, 0.15) is 0 Å². The molecule has 0 radical (unpaired) electrons. The summed E-state index contributed by atoms with van der Waals surface area (Å²) in [6.07, 6.45) is 0. The van der Waals surface area contributed by atoms with Gasteiger partial charge in [0.15, 0.2) is 0 Å². The molecule has 2 aromatic rings. The molecule has 100 valence electrons. The molecule has 0 amide bonds. The molecule has 0 bridgehead atoms. The van der Waals surface area contributed by atoms with Gasteiger partial charge in [0.2, 0.25) is 0 Å². The monoisotopic (exact) mass is 314 g/mol. The van der Waals surface area contributed by atoms with Crippen molar-refractivity contribution >= 4 is 14.3 Å². The van der Waals surface area contributed by atoms with Gasteiger partial charge in [-0.1, -0.05) is 0 Å². The summed E-state index contributed by atoms with van der Waals surface area (Å²) in [6.45, 7) is 7.30. The quantitative estimate of drug-likeness (QED) is 0.725. The van der Waals surface area contributed by atoms with E-state index in [1.807, 2.05) is 0 Å². The van der Waals surface area contributed by atoms with Crippen LogP contribution in [-0.2, 0) is 10.5 Å². The predicted octanol–water partition coefficient (Wildman–Crippen LogP) is 4.58. The third-order valence-electron chi connectivity index (χ3n) is 3.87. The van der Waals surface area contributed by atoms with Crippen LogP contribution < -0.4 is 0 Å². The molecule has 1 heteroatoms. The Kier molecular flexibility index (Phi) is 4.87. The normalized spacial score (nSPS) is 11.8. The molecule has 0 fully saturated rings. The molecule has 0 saturated carbocycles. The van der Waals surface area contributed by atoms with Crippen LogP contribution >= 0.6 is 0 Å². The first-order valence-corrected chi connectivity index (χ1v) is 11.8. The summed E-state index contributed by atoms with van der Waals surface area (Å²) in [6, 6.07) is 22.0. The zero-order valence-corrected chi connectivity index (χ0v) is 14.7. The van der Waals surface area contributed by atoms with Gasteiger partial charge in [0.05, 0.1) is 0 Å². The van der Waals surface area contributed by atoms with E-state index in [9.17, 15) is 0 Å². The summed E-state index contributed by atoms with van der Waals surface area (Å²) >= 11 is -1.41. The fourth-order valence-electron chi connectivity index (χ4n) is 2.48. The molecular weight excluding hydrogens is 289 g/mol. The average molecular weight is 313 g/mol. The first kappa shape index (κ1) is 14.4. The molecule has 19 heavy (non-hydrogen) atoms. The van der Waals surface area contributed by atoms with Crippen LogP contribution in [0.3, 0.4) is 0 Å². The van der Waals surface area contributed by atoms with Crippen LogP contribution in [0.5, 0.6) is 0 Å². The SMILES string of the molecule is C[C](C)(C)[GeH]([CH2]c1ccccc1)[CH2]c1ccccc1. The Bertz CT molecular complexity index is 441. The summed E-state index contributed by atoms with van der Waals surface area (Å²) in [4.78, 5) is 0. The van der Waals surface area contributed by atoms with Crippen LogP contribution in [0.1, 0.15) is 31.9 Å². The molecule has 2 aromatic carbocycles. The van der Waals surface area contributed by atoms with Crippen LogP contribution in [-0.4, -0.2) is 14.3 Å². The zero-order valence-electron chi connectivity index (χ0n) is 12.3. The van der Waals surface area contributed by atoms with E-state index in [4.69, 9.17) is 0 Å². The van der Waals surface area contributed by atoms with Crippen LogP contribution in [0.15, 0.2) is 60.7 Å². The van der Waals surface area contributed by atoms with E-state index in [2.05, 4.69) is 81.4 Å². The average Bonchev–Trinajstić information content (AvgIpc) is 2.39. The van der Waals surface area contributed by atoms with E-state index in [0.717, 1.165) is 0 Å². The van der Waals surface area contributed by atoms with Crippen molar-refractivity contribution in [3.05, 3.63) is 71.8 Å². The third kappa shape index (κ3) is 4.54. The van der Waals surface area contributed by atoms with Crippen molar-refractivity contribution in [2.75, 3.05) is 0 Å². The molecule has 0 aliphatic rings. The molecule has 0 heterocycles. The minimum atomic E-state index is -1.41. The van der Waals surface area contributed by atoms with Crippen molar-refractivity contribution < 1.29 is 0 Å². The second-order valence-electron chi connectivity index (χ2n) is 6.44. The molecule has 0 aromatic heterocycles. The fraction of sp³-hybridized carbons (Fsp3) is 0.333. The van der Waals surface area contributed by atoms with E-state index < -0.39 is 14.3 Å². The van der Waals surface area contributed by atoms with Crippen molar-refractivity contribution in [1.29, 1.82) is 0 Å². The predicted molar refractivity (Wildman–Crippen MR) is 87.2 cm³/mol. The Labute approximate surface area is 122 Å². The van der Waals surface area contributed by atoms with E-state index in [-0.39, 0.29) is 0 Å². The Hall–Kier alpha value is -1.02. The zero-order chi connectivity index (χ0) is 13.7. The standard InChI is InChI=1S/C18H24Ge/c1-18(2,3)19(14-16-10-6-4-7-11-16)15-17-12-8-5-9-13-17/h4-13,19H,14-15H2,1-3H3. The van der Waals surface area contributed by atoms with Gasteiger partial charge in [0.25, 0.3) is 0 Å². The summed E-state index contributed by atoms with van der Waals surface area (Å²) in [5.74, 6) is 0. The van der Waals surface area contributed by atoms with Crippen LogP contribution in [0.2, 0.25) is 4.25 Å². The van der Waals surface area contributed by atoms with Gasteiger partial charge < -0.3 is 0 Å². The second-order valence-corrected chi connectivity index (χ2v) is 14.7. The first-order chi connectivity index (χ1) is 9.05. The Morgan fingerprint density at radius 1 is 0.684 bits per heavy atom. The van der Waals surface area contributed by atoms with Crippen LogP contribution in [0.25, 0.3) is 0 Å². The van der Waals surface area contributed by atoms with Crippen molar-refractivity contribution in [3.63, 3.8) is 0 Å². The molecule has 0 aliphatic carbocycles. The van der Waals surface area contributed by atoms with Crippen molar-refractivity contribution in [2.24, 2.45) is 0 Å². The first-order valence-electron chi connectivity index (χ1n) is 7.13. The van der Waals surface area contributed by atoms with Crippen molar-refractivity contribution in [2.45, 2.75) is 35.5 Å². The molecule has 2 rings (SSSR count). The van der Waals surface area contributed by atoms with Gasteiger partial charge in [0, 0.05) is 0 Å². The molecule has 0 spiro atoms. The Morgan fingerprint density at radius 3 is 1.37 bits per heavy atom. The Morgan fingerprint density at radius 2 is 1.05 bits per heavy atom. The van der Waals surface area contributed by atoms with Gasteiger partial charge in [-0.3, -0.25) is 0 Å². The maximum absolute atomic E-state index is 2.43. The topological polar surface area (TPSA) is 0 Å². The third-order valence-corrected chi connectivity index (χ3v) is 13.1. The molecular formula is C18H24Ge. The molecule has 0 nitrogen and oxygen atoms in total. The van der Waals surface area contributed by atoms with Crippen LogP contribution in [0.4, 0.5) is 0 Å².